The van der Waals surface area contributed by atoms with Crippen molar-refractivity contribution in [2.24, 2.45) is 0 Å². The monoisotopic (exact) mass is 475 g/mol. The Hall–Kier alpha value is -3.64. The predicted octanol–water partition coefficient (Wildman–Crippen LogP) is 4.56. The number of benzene rings is 3. The third-order valence-corrected chi connectivity index (χ3v) is 6.10. The Bertz CT molecular complexity index is 1170. The maximum absolute atomic E-state index is 13.2. The van der Waals surface area contributed by atoms with Crippen LogP contribution in [0, 0.1) is 0 Å². The van der Waals surface area contributed by atoms with Gasteiger partial charge >= 0.3 is 0 Å². The van der Waals surface area contributed by atoms with Gasteiger partial charge in [-0.25, -0.2) is 0 Å². The van der Waals surface area contributed by atoms with Gasteiger partial charge in [0, 0.05) is 34.9 Å². The summed E-state index contributed by atoms with van der Waals surface area (Å²) in [6.07, 6.45) is 2.15. The second kappa shape index (κ2) is 11.0. The molecule has 0 aromatic heterocycles. The average molecular weight is 476 g/mol. The number of nitrogens with zero attached hydrogens (tertiary/aromatic N) is 1. The second-order valence-electron chi connectivity index (χ2n) is 8.23. The van der Waals surface area contributed by atoms with Gasteiger partial charge in [0.05, 0.1) is 0 Å². The summed E-state index contributed by atoms with van der Waals surface area (Å²) in [7, 11) is 0. The highest BCUT2D eigenvalue weighted by Crippen LogP contribution is 2.22. The van der Waals surface area contributed by atoms with Crippen LogP contribution >= 0.6 is 11.6 Å². The van der Waals surface area contributed by atoms with E-state index >= 15 is 0 Å². The number of carbonyl (C=O) groups excluding carboxylic acids is 3. The molecule has 3 amide bonds. The third kappa shape index (κ3) is 5.83. The van der Waals surface area contributed by atoms with E-state index in [4.69, 9.17) is 11.6 Å². The molecule has 3 aromatic carbocycles. The quantitative estimate of drug-likeness (QED) is 0.526. The molecule has 0 bridgehead atoms. The van der Waals surface area contributed by atoms with Crippen molar-refractivity contribution in [3.05, 3.63) is 101 Å². The van der Waals surface area contributed by atoms with Crippen molar-refractivity contribution in [1.29, 1.82) is 0 Å². The molecule has 0 radical (unpaired) electrons. The molecule has 7 heteroatoms. The molecule has 2 N–H and O–H groups in total. The molecule has 1 aliphatic rings. The van der Waals surface area contributed by atoms with Gasteiger partial charge in [0.15, 0.2) is 0 Å². The number of rotatable bonds is 7. The smallest absolute Gasteiger partial charge is 0.255 e. The molecule has 34 heavy (non-hydrogen) atoms. The summed E-state index contributed by atoms with van der Waals surface area (Å²) in [6.45, 7) is 1.05. The average Bonchev–Trinajstić information content (AvgIpc) is 3.35. The maximum Gasteiger partial charge on any atom is 0.255 e. The Morgan fingerprint density at radius 2 is 1.68 bits per heavy atom. The Kier molecular flexibility index (Phi) is 7.60. The van der Waals surface area contributed by atoms with Crippen LogP contribution in [0.4, 0.5) is 5.69 Å². The van der Waals surface area contributed by atoms with E-state index in [2.05, 4.69) is 10.6 Å². The lowest BCUT2D eigenvalue weighted by molar-refractivity contribution is -0.124. The number of halogens is 1. The van der Waals surface area contributed by atoms with E-state index in [9.17, 15) is 14.4 Å². The van der Waals surface area contributed by atoms with Gasteiger partial charge in [-0.05, 0) is 67.3 Å². The summed E-state index contributed by atoms with van der Waals surface area (Å²) in [4.78, 5) is 40.2. The molecule has 1 heterocycles. The Labute approximate surface area is 203 Å². The molecule has 0 saturated carbocycles. The minimum atomic E-state index is -0.490. The first-order chi connectivity index (χ1) is 16.5. The summed E-state index contributed by atoms with van der Waals surface area (Å²) in [5.74, 6) is -0.643. The number of anilines is 1. The lowest BCUT2D eigenvalue weighted by atomic mass is 10.1. The molecule has 4 rings (SSSR count). The van der Waals surface area contributed by atoms with Crippen LogP contribution in [0.15, 0.2) is 78.9 Å². The fourth-order valence-electron chi connectivity index (χ4n) is 4.08. The van der Waals surface area contributed by atoms with E-state index in [1.54, 1.807) is 53.4 Å². The van der Waals surface area contributed by atoms with Gasteiger partial charge in [-0.1, -0.05) is 48.0 Å². The summed E-state index contributed by atoms with van der Waals surface area (Å²) in [5, 5.41) is 6.33. The summed E-state index contributed by atoms with van der Waals surface area (Å²) >= 11 is 5.88. The minimum Gasteiger partial charge on any atom is -0.354 e. The van der Waals surface area contributed by atoms with Gasteiger partial charge < -0.3 is 15.5 Å². The van der Waals surface area contributed by atoms with Crippen LogP contribution < -0.4 is 10.6 Å². The third-order valence-electron chi connectivity index (χ3n) is 5.85. The SMILES string of the molecule is O=C(Nc1cccc(C(=O)N2CCCC2C(=O)NCCc2ccccc2)c1)c1ccc(Cl)cc1. The Morgan fingerprint density at radius 3 is 2.44 bits per heavy atom. The maximum atomic E-state index is 13.2. The molecule has 174 valence electrons. The van der Waals surface area contributed by atoms with E-state index < -0.39 is 6.04 Å². The Morgan fingerprint density at radius 1 is 0.912 bits per heavy atom. The number of likely N-dealkylation sites (tertiary alicyclic amines) is 1. The largest absolute Gasteiger partial charge is 0.354 e. The molecule has 6 nitrogen and oxygen atoms in total. The van der Waals surface area contributed by atoms with Gasteiger partial charge in [0.25, 0.3) is 11.8 Å². The van der Waals surface area contributed by atoms with Crippen LogP contribution in [-0.2, 0) is 11.2 Å². The van der Waals surface area contributed by atoms with Gasteiger partial charge in [0.1, 0.15) is 6.04 Å². The van der Waals surface area contributed by atoms with Crippen molar-refractivity contribution in [2.45, 2.75) is 25.3 Å². The molecule has 0 spiro atoms. The van der Waals surface area contributed by atoms with Crippen LogP contribution in [0.1, 0.15) is 39.1 Å². The van der Waals surface area contributed by atoms with E-state index in [1.807, 2.05) is 30.3 Å². The van der Waals surface area contributed by atoms with E-state index in [0.29, 0.717) is 41.3 Å². The van der Waals surface area contributed by atoms with Gasteiger partial charge in [-0.3, -0.25) is 14.4 Å². The van der Waals surface area contributed by atoms with E-state index in [-0.39, 0.29) is 17.7 Å². The zero-order valence-electron chi connectivity index (χ0n) is 18.7. The van der Waals surface area contributed by atoms with Crippen molar-refractivity contribution in [3.8, 4) is 0 Å². The van der Waals surface area contributed by atoms with Gasteiger partial charge in [0.2, 0.25) is 5.91 Å². The fraction of sp³-hybridized carbons (Fsp3) is 0.222. The lowest BCUT2D eigenvalue weighted by Gasteiger charge is -2.24. The van der Waals surface area contributed by atoms with Crippen molar-refractivity contribution in [2.75, 3.05) is 18.4 Å². The van der Waals surface area contributed by atoms with Crippen molar-refractivity contribution < 1.29 is 14.4 Å². The second-order valence-corrected chi connectivity index (χ2v) is 8.66. The fourth-order valence-corrected chi connectivity index (χ4v) is 4.20. The van der Waals surface area contributed by atoms with E-state index in [0.717, 1.165) is 18.4 Å². The standard InChI is InChI=1S/C27H26ClN3O3/c28-22-13-11-20(12-14-22)25(32)30-23-9-4-8-21(18-23)27(34)31-17-5-10-24(31)26(33)29-16-15-19-6-2-1-3-7-19/h1-4,6-9,11-14,18,24H,5,10,15-17H2,(H,29,33)(H,30,32). The zero-order valence-corrected chi connectivity index (χ0v) is 19.4. The number of nitrogens with one attached hydrogen (secondary N) is 2. The van der Waals surface area contributed by atoms with E-state index in [1.165, 1.54) is 0 Å². The first-order valence-electron chi connectivity index (χ1n) is 11.3. The first kappa shape index (κ1) is 23.5. The van der Waals surface area contributed by atoms with Crippen molar-refractivity contribution in [1.82, 2.24) is 10.2 Å². The molecule has 1 saturated heterocycles. The van der Waals surface area contributed by atoms with Crippen molar-refractivity contribution >= 4 is 35.0 Å². The first-order valence-corrected chi connectivity index (χ1v) is 11.7. The predicted molar refractivity (Wildman–Crippen MR) is 133 cm³/mol. The summed E-state index contributed by atoms with van der Waals surface area (Å²) < 4.78 is 0. The number of hydrogen-bond acceptors (Lipinski definition) is 3. The molecular formula is C27H26ClN3O3. The minimum absolute atomic E-state index is 0.131. The highest BCUT2D eigenvalue weighted by molar-refractivity contribution is 6.30. The molecule has 1 fully saturated rings. The molecule has 1 unspecified atom stereocenters. The summed E-state index contributed by atoms with van der Waals surface area (Å²) in [6, 6.07) is 22.8. The molecule has 3 aromatic rings. The van der Waals surface area contributed by atoms with Crippen LogP contribution in [0.25, 0.3) is 0 Å². The van der Waals surface area contributed by atoms with Crippen LogP contribution in [-0.4, -0.2) is 41.8 Å². The van der Waals surface area contributed by atoms with Gasteiger partial charge in [-0.15, -0.1) is 0 Å². The normalized spacial score (nSPS) is 15.1. The highest BCUT2D eigenvalue weighted by Gasteiger charge is 2.34. The lowest BCUT2D eigenvalue weighted by Crippen LogP contribution is -2.46. The van der Waals surface area contributed by atoms with Crippen molar-refractivity contribution in [3.63, 3.8) is 0 Å². The molecular weight excluding hydrogens is 450 g/mol. The highest BCUT2D eigenvalue weighted by atomic mass is 35.5. The van der Waals surface area contributed by atoms with Crippen LogP contribution in [0.5, 0.6) is 0 Å². The molecule has 1 aliphatic heterocycles. The topological polar surface area (TPSA) is 78.5 Å². The molecule has 0 aliphatic carbocycles. The number of carbonyl (C=O) groups is 3. The number of amides is 3. The Balaban J connectivity index is 1.37. The van der Waals surface area contributed by atoms with Crippen LogP contribution in [0.2, 0.25) is 5.02 Å². The van der Waals surface area contributed by atoms with Gasteiger partial charge in [-0.2, -0.15) is 0 Å². The zero-order chi connectivity index (χ0) is 23.9. The summed E-state index contributed by atoms with van der Waals surface area (Å²) in [5.41, 5.74) is 2.55. The number of hydrogen-bond donors (Lipinski definition) is 2. The van der Waals surface area contributed by atoms with Crippen LogP contribution in [0.3, 0.4) is 0 Å². The molecule has 1 atom stereocenters.